The van der Waals surface area contributed by atoms with E-state index in [2.05, 4.69) is 56.0 Å². The summed E-state index contributed by atoms with van der Waals surface area (Å²) >= 11 is 0. The number of nitrogens with zero attached hydrogens (tertiary/aromatic N) is 7. The van der Waals surface area contributed by atoms with E-state index in [1.54, 1.807) is 0 Å². The quantitative estimate of drug-likeness (QED) is 0.464. The Labute approximate surface area is 212 Å². The Hall–Kier alpha value is -2.81. The van der Waals surface area contributed by atoms with Gasteiger partial charge in [0.25, 0.3) is 0 Å². The predicted molar refractivity (Wildman–Crippen MR) is 136 cm³/mol. The molecule has 0 radical (unpaired) electrons. The van der Waals surface area contributed by atoms with Crippen molar-refractivity contribution in [2.24, 2.45) is 7.05 Å². The molecule has 1 aliphatic heterocycles. The van der Waals surface area contributed by atoms with E-state index in [9.17, 15) is 0 Å². The summed E-state index contributed by atoms with van der Waals surface area (Å²) < 4.78 is 25.5. The molecular weight excluding hydrogens is 457 g/mol. The molecule has 8 nitrogen and oxygen atoms in total. The van der Waals surface area contributed by atoms with Gasteiger partial charge in [-0.2, -0.15) is 0 Å². The van der Waals surface area contributed by atoms with Gasteiger partial charge in [-0.3, -0.25) is 0 Å². The van der Waals surface area contributed by atoms with Crippen molar-refractivity contribution in [1.82, 2.24) is 34.7 Å². The molecular formula is C27H38FN7O. The number of alkyl halides is 1. The highest BCUT2D eigenvalue weighted by Crippen LogP contribution is 2.39. The molecule has 2 fully saturated rings. The summed E-state index contributed by atoms with van der Waals surface area (Å²) in [5.74, 6) is 3.50. The normalized spacial score (nSPS) is 22.7. The Balaban J connectivity index is 1.17. The fraction of sp³-hybridized carbons (Fsp3) is 0.630. The van der Waals surface area contributed by atoms with Crippen molar-refractivity contribution < 1.29 is 9.13 Å². The van der Waals surface area contributed by atoms with Crippen LogP contribution in [0.4, 0.5) is 4.39 Å². The Morgan fingerprint density at radius 2 is 1.81 bits per heavy atom. The molecule has 2 aromatic heterocycles. The fourth-order valence-electron chi connectivity index (χ4n) is 5.46. The first-order chi connectivity index (χ1) is 17.3. The third-order valence-electron chi connectivity index (χ3n) is 8.08. The van der Waals surface area contributed by atoms with Crippen LogP contribution in [0.3, 0.4) is 0 Å². The van der Waals surface area contributed by atoms with Crippen molar-refractivity contribution in [2.45, 2.75) is 82.5 Å². The summed E-state index contributed by atoms with van der Waals surface area (Å²) in [7, 11) is 4.06. The average molecular weight is 496 g/mol. The first kappa shape index (κ1) is 24.9. The number of piperidine rings is 1. The van der Waals surface area contributed by atoms with Gasteiger partial charge in [0.15, 0.2) is 11.5 Å². The molecule has 1 aliphatic carbocycles. The maximum atomic E-state index is 15.4. The average Bonchev–Trinajstić information content (AvgIpc) is 3.53. The van der Waals surface area contributed by atoms with Crippen LogP contribution in [-0.4, -0.2) is 54.8 Å². The highest BCUT2D eigenvalue weighted by molar-refractivity contribution is 5.30. The molecule has 1 aromatic carbocycles. The SMILES string of the molecule is CC(C)c1cccc(OCc2nnc([C@H]3CC[C@H](n4cc(C5(F)CCN(C)CC5)nn4)CC3)n2C)c1. The van der Waals surface area contributed by atoms with E-state index >= 15 is 4.39 Å². The number of halogens is 1. The summed E-state index contributed by atoms with van der Waals surface area (Å²) in [6.45, 7) is 6.26. The van der Waals surface area contributed by atoms with Gasteiger partial charge < -0.3 is 14.2 Å². The maximum absolute atomic E-state index is 15.4. The summed E-state index contributed by atoms with van der Waals surface area (Å²) in [6.07, 6.45) is 6.74. The summed E-state index contributed by atoms with van der Waals surface area (Å²) in [5.41, 5.74) is 0.403. The molecule has 9 heteroatoms. The lowest BCUT2D eigenvalue weighted by molar-refractivity contribution is 0.0632. The lowest BCUT2D eigenvalue weighted by atomic mass is 9.85. The van der Waals surface area contributed by atoms with Gasteiger partial charge >= 0.3 is 0 Å². The second-order valence-corrected chi connectivity index (χ2v) is 10.9. The lowest BCUT2D eigenvalue weighted by Gasteiger charge is -2.33. The van der Waals surface area contributed by atoms with Gasteiger partial charge in [0.05, 0.1) is 12.2 Å². The number of hydrogen-bond acceptors (Lipinski definition) is 6. The van der Waals surface area contributed by atoms with Crippen molar-refractivity contribution >= 4 is 0 Å². The number of hydrogen-bond donors (Lipinski definition) is 0. The van der Waals surface area contributed by atoms with Crippen molar-refractivity contribution in [2.75, 3.05) is 20.1 Å². The van der Waals surface area contributed by atoms with Gasteiger partial charge in [-0.15, -0.1) is 15.3 Å². The molecule has 3 heterocycles. The van der Waals surface area contributed by atoms with Gasteiger partial charge in [-0.1, -0.05) is 31.2 Å². The van der Waals surface area contributed by atoms with E-state index in [1.807, 2.05) is 37.1 Å². The van der Waals surface area contributed by atoms with E-state index in [-0.39, 0.29) is 6.04 Å². The van der Waals surface area contributed by atoms with Crippen molar-refractivity contribution in [1.29, 1.82) is 0 Å². The van der Waals surface area contributed by atoms with Crippen LogP contribution in [0.25, 0.3) is 0 Å². The van der Waals surface area contributed by atoms with Gasteiger partial charge in [-0.25, -0.2) is 9.07 Å². The second kappa shape index (κ2) is 10.3. The number of benzene rings is 1. The van der Waals surface area contributed by atoms with Gasteiger partial charge in [0.2, 0.25) is 0 Å². The molecule has 0 amide bonds. The van der Waals surface area contributed by atoms with Crippen molar-refractivity contribution in [3.05, 3.63) is 53.4 Å². The van der Waals surface area contributed by atoms with E-state index in [0.29, 0.717) is 37.0 Å². The Bertz CT molecular complexity index is 1160. The topological polar surface area (TPSA) is 73.9 Å². The maximum Gasteiger partial charge on any atom is 0.170 e. The highest BCUT2D eigenvalue weighted by atomic mass is 19.1. The van der Waals surface area contributed by atoms with Crippen LogP contribution in [0.15, 0.2) is 30.5 Å². The molecule has 0 atom stereocenters. The summed E-state index contributed by atoms with van der Waals surface area (Å²) in [4.78, 5) is 2.16. The van der Waals surface area contributed by atoms with Crippen LogP contribution in [0.5, 0.6) is 5.75 Å². The minimum atomic E-state index is -1.35. The van der Waals surface area contributed by atoms with Crippen molar-refractivity contribution in [3.63, 3.8) is 0 Å². The zero-order valence-electron chi connectivity index (χ0n) is 21.9. The van der Waals surface area contributed by atoms with Gasteiger partial charge in [0, 0.05) is 38.9 Å². The minimum Gasteiger partial charge on any atom is -0.486 e. The predicted octanol–water partition coefficient (Wildman–Crippen LogP) is 4.90. The zero-order valence-corrected chi connectivity index (χ0v) is 21.9. The molecule has 0 spiro atoms. The Morgan fingerprint density at radius 1 is 1.06 bits per heavy atom. The third kappa shape index (κ3) is 5.16. The molecule has 1 saturated carbocycles. The van der Waals surface area contributed by atoms with Crippen LogP contribution in [0, 0.1) is 0 Å². The van der Waals surface area contributed by atoms with Crippen LogP contribution >= 0.6 is 0 Å². The van der Waals surface area contributed by atoms with Crippen LogP contribution in [0.1, 0.15) is 93.2 Å². The molecule has 194 valence electrons. The fourth-order valence-corrected chi connectivity index (χ4v) is 5.46. The summed E-state index contributed by atoms with van der Waals surface area (Å²) in [6, 6.07) is 8.48. The van der Waals surface area contributed by atoms with E-state index in [1.165, 1.54) is 5.56 Å². The molecule has 3 aromatic rings. The van der Waals surface area contributed by atoms with Crippen molar-refractivity contribution in [3.8, 4) is 5.75 Å². The molecule has 0 unspecified atom stereocenters. The first-order valence-electron chi connectivity index (χ1n) is 13.2. The smallest absolute Gasteiger partial charge is 0.170 e. The van der Waals surface area contributed by atoms with Crippen LogP contribution in [-0.2, 0) is 19.3 Å². The lowest BCUT2D eigenvalue weighted by Crippen LogP contribution is -2.38. The molecule has 0 bridgehead atoms. The van der Waals surface area contributed by atoms with E-state index in [4.69, 9.17) is 4.74 Å². The Kier molecular flexibility index (Phi) is 7.10. The number of likely N-dealkylation sites (tertiary alicyclic amines) is 1. The number of ether oxygens (including phenoxy) is 1. The zero-order chi connectivity index (χ0) is 25.3. The molecule has 0 N–H and O–H groups in total. The molecule has 5 rings (SSSR count). The molecule has 36 heavy (non-hydrogen) atoms. The Morgan fingerprint density at radius 3 is 2.53 bits per heavy atom. The second-order valence-electron chi connectivity index (χ2n) is 10.9. The molecule has 2 aliphatic rings. The van der Waals surface area contributed by atoms with Gasteiger partial charge in [0.1, 0.15) is 23.9 Å². The standard InChI is InChI=1S/C27H38FN7O/c1-19(2)21-6-5-7-23(16-21)36-18-25-30-31-26(34(25)4)20-8-10-22(11-9-20)35-17-24(29-32-35)27(28)12-14-33(3)15-13-27/h5-7,16-17,19-20,22H,8-15,18H2,1-4H3/t20-,22-. The monoisotopic (exact) mass is 495 g/mol. The summed E-state index contributed by atoms with van der Waals surface area (Å²) in [5, 5.41) is 17.5. The largest absolute Gasteiger partial charge is 0.486 e. The van der Waals surface area contributed by atoms with Gasteiger partial charge in [-0.05, 0) is 56.3 Å². The first-order valence-corrected chi connectivity index (χ1v) is 13.2. The number of rotatable bonds is 7. The van der Waals surface area contributed by atoms with Crippen LogP contribution in [0.2, 0.25) is 0 Å². The minimum absolute atomic E-state index is 0.252. The molecule has 1 saturated heterocycles. The highest BCUT2D eigenvalue weighted by Gasteiger charge is 2.38. The van der Waals surface area contributed by atoms with E-state index in [0.717, 1.165) is 56.2 Å². The third-order valence-corrected chi connectivity index (χ3v) is 8.08. The number of aromatic nitrogens is 6. The van der Waals surface area contributed by atoms with Crippen LogP contribution < -0.4 is 4.74 Å². The van der Waals surface area contributed by atoms with E-state index < -0.39 is 5.67 Å².